The van der Waals surface area contributed by atoms with E-state index in [0.717, 1.165) is 44.0 Å². The Hall–Kier alpha value is -2.90. The molecule has 0 aliphatic carbocycles. The topological polar surface area (TPSA) is 87.4 Å². The van der Waals surface area contributed by atoms with Gasteiger partial charge in [0.2, 0.25) is 5.91 Å². The van der Waals surface area contributed by atoms with Crippen LogP contribution in [0.15, 0.2) is 35.3 Å². The van der Waals surface area contributed by atoms with Crippen LogP contribution in [0.2, 0.25) is 0 Å². The predicted octanol–water partition coefficient (Wildman–Crippen LogP) is 1.29. The van der Waals surface area contributed by atoms with Crippen LogP contribution in [0.25, 0.3) is 0 Å². The Morgan fingerprint density at radius 1 is 1.32 bits per heavy atom. The van der Waals surface area contributed by atoms with E-state index in [1.807, 2.05) is 29.8 Å². The van der Waals surface area contributed by atoms with Crippen molar-refractivity contribution in [2.24, 2.45) is 4.99 Å². The van der Waals surface area contributed by atoms with Gasteiger partial charge in [-0.25, -0.2) is 14.7 Å². The first kappa shape index (κ1) is 19.9. The van der Waals surface area contributed by atoms with E-state index in [1.54, 1.807) is 19.0 Å². The minimum Gasteiger partial charge on any atom is -0.356 e. The highest BCUT2D eigenvalue weighted by atomic mass is 16.2. The minimum absolute atomic E-state index is 0.0346. The minimum atomic E-state index is -0.0354. The third-order valence-corrected chi connectivity index (χ3v) is 4.71. The first-order valence-corrected chi connectivity index (χ1v) is 9.73. The molecule has 0 saturated carbocycles. The molecule has 150 valence electrons. The van der Waals surface area contributed by atoms with Crippen molar-refractivity contribution in [3.63, 3.8) is 0 Å². The Morgan fingerprint density at radius 2 is 2.11 bits per heavy atom. The summed E-state index contributed by atoms with van der Waals surface area (Å²) in [6.07, 6.45) is 2.86. The molecule has 3 rings (SSSR count). The molecule has 2 aromatic rings. The molecule has 8 nitrogen and oxygen atoms in total. The summed E-state index contributed by atoms with van der Waals surface area (Å²) in [5.74, 6) is 2.30. The SMILES string of the molecule is Cc1nc2n(n1)CCCC2NC(=NCC(=O)N(C)C)NCCc1ccccc1. The Kier molecular flexibility index (Phi) is 6.62. The summed E-state index contributed by atoms with van der Waals surface area (Å²) in [5.41, 5.74) is 1.26. The third-order valence-electron chi connectivity index (χ3n) is 4.71. The fraction of sp³-hybridized carbons (Fsp3) is 0.500. The van der Waals surface area contributed by atoms with Crippen molar-refractivity contribution in [2.75, 3.05) is 27.2 Å². The molecule has 1 atom stereocenters. The van der Waals surface area contributed by atoms with Crippen molar-refractivity contribution < 1.29 is 4.79 Å². The molecule has 0 spiro atoms. The van der Waals surface area contributed by atoms with Crippen LogP contribution in [-0.4, -0.2) is 58.7 Å². The largest absolute Gasteiger partial charge is 0.356 e. The number of nitrogens with zero attached hydrogens (tertiary/aromatic N) is 5. The average Bonchev–Trinajstić information content (AvgIpc) is 3.07. The van der Waals surface area contributed by atoms with Gasteiger partial charge in [0.25, 0.3) is 0 Å². The number of carbonyl (C=O) groups is 1. The highest BCUT2D eigenvalue weighted by Crippen LogP contribution is 2.22. The number of guanidine groups is 1. The molecule has 0 bridgehead atoms. The number of aryl methyl sites for hydroxylation is 2. The fourth-order valence-corrected chi connectivity index (χ4v) is 3.18. The number of aromatic nitrogens is 3. The van der Waals surface area contributed by atoms with Gasteiger partial charge in [-0.2, -0.15) is 5.10 Å². The second kappa shape index (κ2) is 9.34. The van der Waals surface area contributed by atoms with Gasteiger partial charge in [0.1, 0.15) is 18.2 Å². The molecule has 2 N–H and O–H groups in total. The number of rotatable bonds is 6. The summed E-state index contributed by atoms with van der Waals surface area (Å²) < 4.78 is 1.96. The van der Waals surface area contributed by atoms with Crippen LogP contribution >= 0.6 is 0 Å². The summed E-state index contributed by atoms with van der Waals surface area (Å²) >= 11 is 0. The van der Waals surface area contributed by atoms with Crippen molar-refractivity contribution in [3.8, 4) is 0 Å². The van der Waals surface area contributed by atoms with Crippen molar-refractivity contribution >= 4 is 11.9 Å². The fourth-order valence-electron chi connectivity index (χ4n) is 3.18. The molecule has 1 unspecified atom stereocenters. The van der Waals surface area contributed by atoms with Gasteiger partial charge in [0.15, 0.2) is 5.96 Å². The van der Waals surface area contributed by atoms with Gasteiger partial charge >= 0.3 is 0 Å². The number of aliphatic imine (C=N–C) groups is 1. The summed E-state index contributed by atoms with van der Waals surface area (Å²) in [7, 11) is 3.47. The zero-order valence-corrected chi connectivity index (χ0v) is 16.9. The van der Waals surface area contributed by atoms with E-state index in [4.69, 9.17) is 0 Å². The molecular weight excluding hydrogens is 354 g/mol. The summed E-state index contributed by atoms with van der Waals surface area (Å²) in [4.78, 5) is 22.6. The highest BCUT2D eigenvalue weighted by Gasteiger charge is 2.24. The maximum Gasteiger partial charge on any atom is 0.243 e. The van der Waals surface area contributed by atoms with Gasteiger partial charge in [-0.1, -0.05) is 30.3 Å². The van der Waals surface area contributed by atoms with E-state index < -0.39 is 0 Å². The molecule has 8 heteroatoms. The van der Waals surface area contributed by atoms with Gasteiger partial charge in [0, 0.05) is 27.2 Å². The molecule has 0 saturated heterocycles. The molecule has 1 aliphatic heterocycles. The van der Waals surface area contributed by atoms with Crippen LogP contribution in [0.1, 0.15) is 36.1 Å². The standard InChI is InChI=1S/C20H29N7O/c1-15-23-19-17(10-7-13-27(19)25-15)24-20(22-14-18(28)26(2)3)21-12-11-16-8-5-4-6-9-16/h4-6,8-9,17H,7,10-14H2,1-3H3,(H2,21,22,24). The second-order valence-corrected chi connectivity index (χ2v) is 7.19. The lowest BCUT2D eigenvalue weighted by atomic mass is 10.1. The van der Waals surface area contributed by atoms with E-state index in [0.29, 0.717) is 5.96 Å². The van der Waals surface area contributed by atoms with Crippen LogP contribution in [0.3, 0.4) is 0 Å². The first-order chi connectivity index (χ1) is 13.5. The lowest BCUT2D eigenvalue weighted by Gasteiger charge is -2.25. The molecule has 1 aliphatic rings. The molecule has 2 heterocycles. The Balaban J connectivity index is 1.67. The average molecular weight is 384 g/mol. The summed E-state index contributed by atoms with van der Waals surface area (Å²) in [6, 6.07) is 10.3. The molecule has 0 radical (unpaired) electrons. The molecule has 0 fully saturated rings. The quantitative estimate of drug-likeness (QED) is 0.580. The predicted molar refractivity (Wildman–Crippen MR) is 109 cm³/mol. The second-order valence-electron chi connectivity index (χ2n) is 7.19. The number of nitrogens with one attached hydrogen (secondary N) is 2. The van der Waals surface area contributed by atoms with Crippen LogP contribution in [0.5, 0.6) is 0 Å². The van der Waals surface area contributed by atoms with Crippen LogP contribution in [-0.2, 0) is 17.8 Å². The maximum absolute atomic E-state index is 12.0. The lowest BCUT2D eigenvalue weighted by molar-refractivity contribution is -0.127. The van der Waals surface area contributed by atoms with E-state index in [1.165, 1.54) is 5.56 Å². The van der Waals surface area contributed by atoms with Gasteiger partial charge in [-0.15, -0.1) is 0 Å². The highest BCUT2D eigenvalue weighted by molar-refractivity contribution is 5.85. The molecule has 28 heavy (non-hydrogen) atoms. The van der Waals surface area contributed by atoms with E-state index in [-0.39, 0.29) is 18.5 Å². The number of benzene rings is 1. The number of carbonyl (C=O) groups excluding carboxylic acids is 1. The van der Waals surface area contributed by atoms with Gasteiger partial charge in [0.05, 0.1) is 6.04 Å². The number of likely N-dealkylation sites (N-methyl/N-ethyl adjacent to an activating group) is 1. The van der Waals surface area contributed by atoms with E-state index in [9.17, 15) is 4.79 Å². The molecule has 1 aromatic heterocycles. The van der Waals surface area contributed by atoms with Crippen molar-refractivity contribution in [1.29, 1.82) is 0 Å². The molecule has 1 amide bonds. The van der Waals surface area contributed by atoms with Crippen LogP contribution in [0.4, 0.5) is 0 Å². The normalized spacial score (nSPS) is 16.4. The Labute approximate surface area is 166 Å². The van der Waals surface area contributed by atoms with Gasteiger partial charge in [-0.3, -0.25) is 4.79 Å². The van der Waals surface area contributed by atoms with Crippen molar-refractivity contribution in [1.82, 2.24) is 30.3 Å². The number of hydrogen-bond donors (Lipinski definition) is 2. The Morgan fingerprint density at radius 3 is 2.86 bits per heavy atom. The number of fused-ring (bicyclic) bond motifs is 1. The van der Waals surface area contributed by atoms with Gasteiger partial charge in [-0.05, 0) is 31.7 Å². The smallest absolute Gasteiger partial charge is 0.243 e. The maximum atomic E-state index is 12.0. The van der Waals surface area contributed by atoms with Crippen LogP contribution in [0, 0.1) is 6.92 Å². The van der Waals surface area contributed by atoms with E-state index >= 15 is 0 Å². The van der Waals surface area contributed by atoms with Crippen molar-refractivity contribution in [2.45, 2.75) is 38.8 Å². The monoisotopic (exact) mass is 383 g/mol. The number of hydrogen-bond acceptors (Lipinski definition) is 4. The van der Waals surface area contributed by atoms with Crippen LogP contribution < -0.4 is 10.6 Å². The number of amides is 1. The molecular formula is C20H29N7O. The summed E-state index contributed by atoms with van der Waals surface area (Å²) in [5, 5.41) is 11.3. The first-order valence-electron chi connectivity index (χ1n) is 9.73. The zero-order valence-electron chi connectivity index (χ0n) is 16.9. The molecule has 1 aromatic carbocycles. The Bertz CT molecular complexity index is 813. The lowest BCUT2D eigenvalue weighted by Crippen LogP contribution is -2.43. The van der Waals surface area contributed by atoms with Crippen molar-refractivity contribution in [3.05, 3.63) is 47.5 Å². The summed E-state index contributed by atoms with van der Waals surface area (Å²) in [6.45, 7) is 3.63. The zero-order chi connectivity index (χ0) is 19.9. The van der Waals surface area contributed by atoms with E-state index in [2.05, 4.69) is 37.8 Å². The third kappa shape index (κ3) is 5.31. The van der Waals surface area contributed by atoms with Gasteiger partial charge < -0.3 is 15.5 Å².